The van der Waals surface area contributed by atoms with Crippen molar-refractivity contribution < 1.29 is 18.7 Å². The maximum Gasteiger partial charge on any atom is 0.336 e. The Hall–Kier alpha value is -2.75. The van der Waals surface area contributed by atoms with Crippen molar-refractivity contribution in [3.63, 3.8) is 0 Å². The Bertz CT molecular complexity index is 628. The molecule has 0 aliphatic carbocycles. The third-order valence-corrected chi connectivity index (χ3v) is 2.52. The van der Waals surface area contributed by atoms with Crippen molar-refractivity contribution in [2.45, 2.75) is 0 Å². The van der Waals surface area contributed by atoms with Crippen LogP contribution in [0.15, 0.2) is 54.6 Å². The first-order chi connectivity index (χ1) is 9.67. The summed E-state index contributed by atoms with van der Waals surface area (Å²) in [7, 11) is 0. The van der Waals surface area contributed by atoms with Crippen LogP contribution in [0.4, 0.5) is 4.39 Å². The van der Waals surface area contributed by atoms with Gasteiger partial charge in [-0.25, -0.2) is 9.18 Å². The Morgan fingerprint density at radius 3 is 2.15 bits per heavy atom. The standard InChI is InChI=1S/C16H11FO3/c17-14-6-1-12(2-7-14)5-10-16(19)20-15-8-3-13(11-18)4-9-15/h1-11H/b10-5+. The summed E-state index contributed by atoms with van der Waals surface area (Å²) in [5, 5.41) is 0. The second-order valence-corrected chi connectivity index (χ2v) is 3.99. The van der Waals surface area contributed by atoms with E-state index < -0.39 is 5.97 Å². The number of hydrogen-bond donors (Lipinski definition) is 0. The van der Waals surface area contributed by atoms with Crippen LogP contribution >= 0.6 is 0 Å². The number of aldehydes is 1. The molecule has 0 aliphatic rings. The number of rotatable bonds is 4. The highest BCUT2D eigenvalue weighted by molar-refractivity contribution is 5.88. The van der Waals surface area contributed by atoms with Crippen LogP contribution in [0.2, 0.25) is 0 Å². The fourth-order valence-corrected chi connectivity index (χ4v) is 1.50. The quantitative estimate of drug-likeness (QED) is 0.371. The van der Waals surface area contributed by atoms with Crippen molar-refractivity contribution in [1.82, 2.24) is 0 Å². The maximum atomic E-state index is 12.7. The molecule has 3 nitrogen and oxygen atoms in total. The van der Waals surface area contributed by atoms with Crippen molar-refractivity contribution in [1.29, 1.82) is 0 Å². The van der Waals surface area contributed by atoms with E-state index in [1.165, 1.54) is 36.4 Å². The van der Waals surface area contributed by atoms with E-state index in [4.69, 9.17) is 4.74 Å². The molecule has 0 fully saturated rings. The van der Waals surface area contributed by atoms with Gasteiger partial charge in [0.15, 0.2) is 0 Å². The van der Waals surface area contributed by atoms with E-state index >= 15 is 0 Å². The van der Waals surface area contributed by atoms with Crippen LogP contribution in [-0.2, 0) is 4.79 Å². The van der Waals surface area contributed by atoms with Gasteiger partial charge in [-0.3, -0.25) is 4.79 Å². The van der Waals surface area contributed by atoms with E-state index in [-0.39, 0.29) is 5.82 Å². The molecular weight excluding hydrogens is 259 g/mol. The average Bonchev–Trinajstić information content (AvgIpc) is 2.47. The van der Waals surface area contributed by atoms with Gasteiger partial charge in [0.05, 0.1) is 0 Å². The first kappa shape index (κ1) is 13.7. The molecule has 0 aliphatic heterocycles. The predicted molar refractivity (Wildman–Crippen MR) is 72.9 cm³/mol. The fraction of sp³-hybridized carbons (Fsp3) is 0. The number of ether oxygens (including phenoxy) is 1. The van der Waals surface area contributed by atoms with Gasteiger partial charge in [-0.1, -0.05) is 12.1 Å². The van der Waals surface area contributed by atoms with E-state index in [0.29, 0.717) is 23.2 Å². The normalized spacial score (nSPS) is 10.4. The van der Waals surface area contributed by atoms with Gasteiger partial charge in [-0.15, -0.1) is 0 Å². The van der Waals surface area contributed by atoms with Crippen molar-refractivity contribution in [3.05, 3.63) is 71.6 Å². The average molecular weight is 270 g/mol. The zero-order valence-corrected chi connectivity index (χ0v) is 10.5. The minimum atomic E-state index is -0.548. The smallest absolute Gasteiger partial charge is 0.336 e. The summed E-state index contributed by atoms with van der Waals surface area (Å²) in [5.74, 6) is -0.530. The molecule has 100 valence electrons. The third kappa shape index (κ3) is 3.88. The summed E-state index contributed by atoms with van der Waals surface area (Å²) in [6, 6.07) is 11.9. The lowest BCUT2D eigenvalue weighted by atomic mass is 10.2. The van der Waals surface area contributed by atoms with Crippen LogP contribution in [0, 0.1) is 5.82 Å². The molecular formula is C16H11FO3. The van der Waals surface area contributed by atoms with Crippen LogP contribution in [0.25, 0.3) is 6.08 Å². The zero-order valence-electron chi connectivity index (χ0n) is 10.5. The van der Waals surface area contributed by atoms with Crippen LogP contribution in [0.5, 0.6) is 5.75 Å². The molecule has 0 saturated carbocycles. The summed E-state index contributed by atoms with van der Waals surface area (Å²) in [5.41, 5.74) is 1.20. The summed E-state index contributed by atoms with van der Waals surface area (Å²) in [4.78, 5) is 22.0. The lowest BCUT2D eigenvalue weighted by molar-refractivity contribution is -0.128. The summed E-state index contributed by atoms with van der Waals surface area (Å²) >= 11 is 0. The summed E-state index contributed by atoms with van der Waals surface area (Å²) < 4.78 is 17.7. The van der Waals surface area contributed by atoms with Crippen molar-refractivity contribution in [3.8, 4) is 5.75 Å². The SMILES string of the molecule is O=Cc1ccc(OC(=O)/C=C/c2ccc(F)cc2)cc1. The predicted octanol–water partition coefficient (Wildman–Crippen LogP) is 3.26. The highest BCUT2D eigenvalue weighted by atomic mass is 19.1. The highest BCUT2D eigenvalue weighted by Crippen LogP contribution is 2.12. The first-order valence-corrected chi connectivity index (χ1v) is 5.88. The zero-order chi connectivity index (χ0) is 14.4. The topological polar surface area (TPSA) is 43.4 Å². The van der Waals surface area contributed by atoms with Gasteiger partial charge in [-0.2, -0.15) is 0 Å². The van der Waals surface area contributed by atoms with Gasteiger partial charge in [0, 0.05) is 11.6 Å². The Labute approximate surface area is 115 Å². The molecule has 4 heteroatoms. The number of benzene rings is 2. The van der Waals surface area contributed by atoms with E-state index in [2.05, 4.69) is 0 Å². The first-order valence-electron chi connectivity index (χ1n) is 5.88. The molecule has 0 heterocycles. The number of hydrogen-bond acceptors (Lipinski definition) is 3. The fourth-order valence-electron chi connectivity index (χ4n) is 1.50. The van der Waals surface area contributed by atoms with Crippen LogP contribution in [0.1, 0.15) is 15.9 Å². The molecule has 0 saturated heterocycles. The van der Waals surface area contributed by atoms with Gasteiger partial charge in [-0.05, 0) is 48.0 Å². The van der Waals surface area contributed by atoms with Gasteiger partial charge in [0.1, 0.15) is 17.9 Å². The number of esters is 1. The molecule has 2 aromatic carbocycles. The Morgan fingerprint density at radius 2 is 1.55 bits per heavy atom. The van der Waals surface area contributed by atoms with Crippen molar-refractivity contribution in [2.75, 3.05) is 0 Å². The van der Waals surface area contributed by atoms with Gasteiger partial charge >= 0.3 is 5.97 Å². The highest BCUT2D eigenvalue weighted by Gasteiger charge is 2.00. The lowest BCUT2D eigenvalue weighted by Gasteiger charge is -2.00. The second kappa shape index (κ2) is 6.43. The van der Waals surface area contributed by atoms with Crippen molar-refractivity contribution >= 4 is 18.3 Å². The molecule has 0 amide bonds. The van der Waals surface area contributed by atoms with Gasteiger partial charge in [0.25, 0.3) is 0 Å². The van der Waals surface area contributed by atoms with E-state index in [0.717, 1.165) is 0 Å². The summed E-state index contributed by atoms with van der Waals surface area (Å²) in [6.07, 6.45) is 3.49. The molecule has 0 aromatic heterocycles. The van der Waals surface area contributed by atoms with Crippen molar-refractivity contribution in [2.24, 2.45) is 0 Å². The maximum absolute atomic E-state index is 12.7. The molecule has 0 atom stereocenters. The van der Waals surface area contributed by atoms with E-state index in [1.807, 2.05) is 0 Å². The lowest BCUT2D eigenvalue weighted by Crippen LogP contribution is -2.03. The van der Waals surface area contributed by atoms with Gasteiger partial charge in [0.2, 0.25) is 0 Å². The van der Waals surface area contributed by atoms with Crippen LogP contribution in [-0.4, -0.2) is 12.3 Å². The molecule has 0 bridgehead atoms. The monoisotopic (exact) mass is 270 g/mol. The number of carbonyl (C=O) groups excluding carboxylic acids is 2. The third-order valence-electron chi connectivity index (χ3n) is 2.52. The molecule has 0 radical (unpaired) electrons. The molecule has 0 unspecified atom stereocenters. The van der Waals surface area contributed by atoms with Gasteiger partial charge < -0.3 is 4.74 Å². The number of carbonyl (C=O) groups is 2. The summed E-state index contributed by atoms with van der Waals surface area (Å²) in [6.45, 7) is 0. The van der Waals surface area contributed by atoms with Crippen LogP contribution < -0.4 is 4.74 Å². The minimum absolute atomic E-state index is 0.333. The minimum Gasteiger partial charge on any atom is -0.423 e. The largest absolute Gasteiger partial charge is 0.423 e. The number of halogens is 1. The molecule has 20 heavy (non-hydrogen) atoms. The Balaban J connectivity index is 1.97. The molecule has 2 rings (SSSR count). The Morgan fingerprint density at radius 1 is 0.950 bits per heavy atom. The Kier molecular flexibility index (Phi) is 4.39. The molecule has 0 spiro atoms. The molecule has 2 aromatic rings. The molecule has 0 N–H and O–H groups in total. The van der Waals surface area contributed by atoms with Crippen LogP contribution in [0.3, 0.4) is 0 Å². The van der Waals surface area contributed by atoms with E-state index in [1.54, 1.807) is 24.3 Å². The second-order valence-electron chi connectivity index (χ2n) is 3.99. The van der Waals surface area contributed by atoms with E-state index in [9.17, 15) is 14.0 Å².